The number of aliphatic hydroxyl groups excluding tert-OH is 4. The average Bonchev–Trinajstić information content (AvgIpc) is 3.32. The molecule has 216 valence electrons. The molecule has 1 aromatic heterocycles. The highest BCUT2D eigenvalue weighted by molar-refractivity contribution is 5.89. The second-order valence-electron chi connectivity index (χ2n) is 11.1. The molecule has 12 nitrogen and oxygen atoms in total. The number of nitrogens with zero attached hydrogens (tertiary/aromatic N) is 2. The molecular weight excluding hydrogens is 524 g/mol. The number of benzene rings is 1. The molecule has 40 heavy (non-hydrogen) atoms. The van der Waals surface area contributed by atoms with E-state index in [9.17, 15) is 35.1 Å². The molecule has 0 saturated carbocycles. The summed E-state index contributed by atoms with van der Waals surface area (Å²) in [6, 6.07) is 4.78. The predicted octanol–water partition coefficient (Wildman–Crippen LogP) is -0.307. The Bertz CT molecular complexity index is 1350. The lowest BCUT2D eigenvalue weighted by Gasteiger charge is -2.48. The number of pyridine rings is 1. The van der Waals surface area contributed by atoms with Crippen LogP contribution in [0.3, 0.4) is 0 Å². The molecule has 5 N–H and O–H groups in total. The van der Waals surface area contributed by atoms with Gasteiger partial charge in [0.1, 0.15) is 36.8 Å². The van der Waals surface area contributed by atoms with Gasteiger partial charge < -0.3 is 44.6 Å². The SMILES string of the molecule is CCc1c2c(nc3ccc(O[C@@H]4OC(CO)[C@H](O)[C@H](O)[C@H]4O)cc13)C1CC3C(COC(=O)[C@]3(O)CC)C(=O)N1C2. The number of carbonyl (C=O) groups is 2. The maximum absolute atomic E-state index is 13.6. The number of aromatic nitrogens is 1. The molecule has 6 rings (SSSR count). The Kier molecular flexibility index (Phi) is 6.75. The molecule has 4 unspecified atom stereocenters. The zero-order valence-corrected chi connectivity index (χ0v) is 22.3. The van der Waals surface area contributed by atoms with Crippen molar-refractivity contribution in [3.8, 4) is 5.75 Å². The van der Waals surface area contributed by atoms with Crippen LogP contribution in [0.1, 0.15) is 49.6 Å². The third kappa shape index (κ3) is 3.92. The van der Waals surface area contributed by atoms with Gasteiger partial charge in [-0.25, -0.2) is 4.79 Å². The number of aliphatic hydroxyl groups is 5. The second kappa shape index (κ2) is 9.89. The largest absolute Gasteiger partial charge is 0.463 e. The van der Waals surface area contributed by atoms with Crippen molar-refractivity contribution in [2.75, 3.05) is 13.2 Å². The fourth-order valence-corrected chi connectivity index (χ4v) is 6.85. The molecule has 3 saturated heterocycles. The fraction of sp³-hybridized carbons (Fsp3) is 0.607. The standard InChI is InChI=1S/C28H34N2O10/c1-3-13-14-7-12(39-26-24(34)23(33)22(32)20(10-31)40-26)5-6-18(14)29-21-15(13)9-30-19(21)8-17-16(25(30)35)11-38-27(36)28(17,37)4-2/h5-7,16-17,19-20,22-24,26,31-34,37H,3-4,8-11H2,1-2H3/t16?,17?,19?,20?,22-,23-,24+,26+,28-/m0/s1. The summed E-state index contributed by atoms with van der Waals surface area (Å²) in [7, 11) is 0. The Labute approximate surface area is 230 Å². The Morgan fingerprint density at radius 1 is 1.15 bits per heavy atom. The number of hydrogen-bond acceptors (Lipinski definition) is 11. The third-order valence-electron chi connectivity index (χ3n) is 9.15. The molecule has 0 spiro atoms. The normalized spacial score (nSPS) is 37.1. The molecule has 0 aliphatic carbocycles. The molecule has 3 fully saturated rings. The van der Waals surface area contributed by atoms with Crippen molar-refractivity contribution in [1.29, 1.82) is 0 Å². The molecule has 9 atom stereocenters. The van der Waals surface area contributed by atoms with Gasteiger partial charge >= 0.3 is 5.97 Å². The van der Waals surface area contributed by atoms with E-state index < -0.39 is 60.7 Å². The van der Waals surface area contributed by atoms with Crippen LogP contribution in [0.15, 0.2) is 18.2 Å². The molecule has 2 aromatic rings. The van der Waals surface area contributed by atoms with Crippen molar-refractivity contribution in [3.63, 3.8) is 0 Å². The van der Waals surface area contributed by atoms with E-state index in [1.54, 1.807) is 30.0 Å². The molecule has 0 radical (unpaired) electrons. The highest BCUT2D eigenvalue weighted by atomic mass is 16.7. The van der Waals surface area contributed by atoms with Crippen molar-refractivity contribution in [1.82, 2.24) is 9.88 Å². The summed E-state index contributed by atoms with van der Waals surface area (Å²) in [6.07, 6.45) is -5.81. The Balaban J connectivity index is 1.34. The number of aryl methyl sites for hydroxylation is 1. The van der Waals surface area contributed by atoms with Gasteiger partial charge in [0, 0.05) is 17.8 Å². The first kappa shape index (κ1) is 27.3. The van der Waals surface area contributed by atoms with Crippen LogP contribution in [0.2, 0.25) is 0 Å². The quantitative estimate of drug-likeness (QED) is 0.304. The Morgan fingerprint density at radius 2 is 1.93 bits per heavy atom. The van der Waals surface area contributed by atoms with E-state index in [0.717, 1.165) is 22.2 Å². The van der Waals surface area contributed by atoms with E-state index >= 15 is 0 Å². The lowest BCUT2D eigenvalue weighted by Crippen LogP contribution is -2.61. The minimum absolute atomic E-state index is 0.0428. The topological polar surface area (TPSA) is 179 Å². The van der Waals surface area contributed by atoms with E-state index in [1.165, 1.54) is 0 Å². The van der Waals surface area contributed by atoms with Crippen LogP contribution in [0, 0.1) is 11.8 Å². The van der Waals surface area contributed by atoms with Crippen molar-refractivity contribution in [3.05, 3.63) is 35.0 Å². The van der Waals surface area contributed by atoms with Gasteiger partial charge in [-0.1, -0.05) is 13.8 Å². The minimum Gasteiger partial charge on any atom is -0.463 e. The Morgan fingerprint density at radius 3 is 2.62 bits per heavy atom. The van der Waals surface area contributed by atoms with Crippen molar-refractivity contribution in [2.45, 2.75) is 82.0 Å². The number of rotatable bonds is 5. The molecule has 1 amide bonds. The summed E-state index contributed by atoms with van der Waals surface area (Å²) in [5.41, 5.74) is 1.61. The van der Waals surface area contributed by atoms with Crippen LogP contribution in [-0.2, 0) is 32.0 Å². The molecule has 4 aliphatic heterocycles. The first-order chi connectivity index (χ1) is 19.1. The smallest absolute Gasteiger partial charge is 0.338 e. The first-order valence-electron chi connectivity index (χ1n) is 13.8. The number of piperidine rings is 1. The lowest BCUT2D eigenvalue weighted by atomic mass is 9.69. The number of carbonyl (C=O) groups excluding carboxylic acids is 2. The van der Waals surface area contributed by atoms with Crippen molar-refractivity contribution >= 4 is 22.8 Å². The molecular formula is C28H34N2O10. The summed E-state index contributed by atoms with van der Waals surface area (Å²) in [5, 5.41) is 52.0. The maximum atomic E-state index is 13.6. The Hall–Kier alpha value is -2.87. The van der Waals surface area contributed by atoms with Crippen LogP contribution in [-0.4, -0.2) is 96.8 Å². The zero-order valence-electron chi connectivity index (χ0n) is 22.3. The molecule has 5 heterocycles. The minimum atomic E-state index is -1.71. The van der Waals surface area contributed by atoms with Crippen LogP contribution in [0.4, 0.5) is 0 Å². The summed E-state index contributed by atoms with van der Waals surface area (Å²) in [6.45, 7) is 3.46. The highest BCUT2D eigenvalue weighted by Crippen LogP contribution is 2.51. The number of esters is 1. The summed E-state index contributed by atoms with van der Waals surface area (Å²) >= 11 is 0. The fourth-order valence-electron chi connectivity index (χ4n) is 6.85. The van der Waals surface area contributed by atoms with E-state index in [0.29, 0.717) is 30.7 Å². The number of cyclic esters (lactones) is 1. The monoisotopic (exact) mass is 558 g/mol. The summed E-state index contributed by atoms with van der Waals surface area (Å²) < 4.78 is 16.6. The third-order valence-corrected chi connectivity index (χ3v) is 9.15. The average molecular weight is 559 g/mol. The number of amides is 1. The van der Waals surface area contributed by atoms with E-state index in [4.69, 9.17) is 19.2 Å². The van der Waals surface area contributed by atoms with Gasteiger partial charge in [0.05, 0.1) is 29.8 Å². The van der Waals surface area contributed by atoms with Crippen LogP contribution in [0.5, 0.6) is 5.75 Å². The van der Waals surface area contributed by atoms with E-state index in [-0.39, 0.29) is 25.0 Å². The molecule has 12 heteroatoms. The van der Waals surface area contributed by atoms with Gasteiger partial charge in [0.2, 0.25) is 12.2 Å². The second-order valence-corrected chi connectivity index (χ2v) is 11.1. The number of fused-ring (bicyclic) bond motifs is 5. The molecule has 0 bridgehead atoms. The predicted molar refractivity (Wildman–Crippen MR) is 137 cm³/mol. The van der Waals surface area contributed by atoms with Gasteiger partial charge in [0.15, 0.2) is 5.60 Å². The number of hydrogen-bond donors (Lipinski definition) is 5. The number of ether oxygens (including phenoxy) is 3. The molecule has 1 aromatic carbocycles. The van der Waals surface area contributed by atoms with Crippen molar-refractivity contribution < 1.29 is 49.3 Å². The lowest BCUT2D eigenvalue weighted by molar-refractivity contribution is -0.277. The van der Waals surface area contributed by atoms with Crippen molar-refractivity contribution in [2.24, 2.45) is 11.8 Å². The van der Waals surface area contributed by atoms with Gasteiger partial charge in [0.25, 0.3) is 0 Å². The van der Waals surface area contributed by atoms with Gasteiger partial charge in [-0.15, -0.1) is 0 Å². The first-order valence-corrected chi connectivity index (χ1v) is 13.8. The van der Waals surface area contributed by atoms with Gasteiger partial charge in [-0.05, 0) is 48.6 Å². The highest BCUT2D eigenvalue weighted by Gasteiger charge is 2.59. The van der Waals surface area contributed by atoms with Gasteiger partial charge in [-0.2, -0.15) is 0 Å². The van der Waals surface area contributed by atoms with Crippen LogP contribution < -0.4 is 4.74 Å². The van der Waals surface area contributed by atoms with E-state index in [2.05, 4.69) is 0 Å². The van der Waals surface area contributed by atoms with Crippen LogP contribution >= 0.6 is 0 Å². The van der Waals surface area contributed by atoms with Crippen LogP contribution in [0.25, 0.3) is 10.9 Å². The maximum Gasteiger partial charge on any atom is 0.338 e. The summed E-state index contributed by atoms with van der Waals surface area (Å²) in [4.78, 5) is 32.8. The van der Waals surface area contributed by atoms with Gasteiger partial charge in [-0.3, -0.25) is 9.78 Å². The van der Waals surface area contributed by atoms with E-state index in [1.807, 2.05) is 6.92 Å². The zero-order chi connectivity index (χ0) is 28.5. The summed E-state index contributed by atoms with van der Waals surface area (Å²) in [5.74, 6) is -1.67. The molecule has 4 aliphatic rings.